The molecule has 2 amide bonds. The summed E-state index contributed by atoms with van der Waals surface area (Å²) in [5.41, 5.74) is 3.68. The van der Waals surface area contributed by atoms with E-state index in [1.54, 1.807) is 0 Å². The zero-order valence-electron chi connectivity index (χ0n) is 14.9. The van der Waals surface area contributed by atoms with E-state index in [0.717, 1.165) is 62.1 Å². The van der Waals surface area contributed by atoms with Crippen LogP contribution in [0.4, 0.5) is 0 Å². The number of para-hydroxylation sites is 1. The Kier molecular flexibility index (Phi) is 4.73. The fraction of sp³-hybridized carbons (Fsp3) is 0.450. The van der Waals surface area contributed by atoms with Gasteiger partial charge in [0, 0.05) is 37.3 Å². The van der Waals surface area contributed by atoms with E-state index in [4.69, 9.17) is 0 Å². The maximum absolute atomic E-state index is 12.6. The summed E-state index contributed by atoms with van der Waals surface area (Å²) in [5, 5.41) is 7.47. The Labute approximate surface area is 153 Å². The lowest BCUT2D eigenvalue weighted by molar-refractivity contribution is -0.129. The lowest BCUT2D eigenvalue weighted by atomic mass is 10.2. The van der Waals surface area contributed by atoms with Crippen molar-refractivity contribution in [1.82, 2.24) is 20.0 Å². The summed E-state index contributed by atoms with van der Waals surface area (Å²) in [4.78, 5) is 26.6. The minimum Gasteiger partial charge on any atom is -0.350 e. The Morgan fingerprint density at radius 1 is 1.04 bits per heavy atom. The number of benzene rings is 1. The van der Waals surface area contributed by atoms with Crippen molar-refractivity contribution in [2.75, 3.05) is 19.6 Å². The van der Waals surface area contributed by atoms with Gasteiger partial charge in [0.15, 0.2) is 5.69 Å². The van der Waals surface area contributed by atoms with Crippen LogP contribution in [0, 0.1) is 0 Å². The van der Waals surface area contributed by atoms with Gasteiger partial charge >= 0.3 is 0 Å². The quantitative estimate of drug-likeness (QED) is 0.896. The summed E-state index contributed by atoms with van der Waals surface area (Å²) < 4.78 is 1.90. The number of hydrogen-bond acceptors (Lipinski definition) is 3. The molecule has 1 N–H and O–H groups in total. The van der Waals surface area contributed by atoms with Gasteiger partial charge in [0.25, 0.3) is 5.91 Å². The van der Waals surface area contributed by atoms with E-state index < -0.39 is 0 Å². The molecule has 0 bridgehead atoms. The zero-order chi connectivity index (χ0) is 17.9. The molecule has 2 aromatic rings. The number of rotatable bonds is 5. The average Bonchev–Trinajstić information content (AvgIpc) is 3.39. The van der Waals surface area contributed by atoms with E-state index in [1.807, 2.05) is 39.9 Å². The van der Waals surface area contributed by atoms with Gasteiger partial charge in [-0.15, -0.1) is 0 Å². The zero-order valence-corrected chi connectivity index (χ0v) is 14.9. The highest BCUT2D eigenvalue weighted by atomic mass is 16.2. The van der Waals surface area contributed by atoms with E-state index in [0.29, 0.717) is 18.7 Å². The van der Waals surface area contributed by atoms with Crippen molar-refractivity contribution in [2.24, 2.45) is 0 Å². The lowest BCUT2D eigenvalue weighted by Gasteiger charge is -2.15. The first-order valence-corrected chi connectivity index (χ1v) is 9.46. The number of hydrogen-bond donors (Lipinski definition) is 1. The topological polar surface area (TPSA) is 67.2 Å². The second-order valence-electron chi connectivity index (χ2n) is 6.97. The number of carbonyl (C=O) groups excluding carboxylic acids is 2. The largest absolute Gasteiger partial charge is 0.350 e. The molecule has 1 aliphatic heterocycles. The van der Waals surface area contributed by atoms with Crippen LogP contribution in [0.15, 0.2) is 30.3 Å². The number of aromatic nitrogens is 2. The molecule has 0 unspecified atom stereocenters. The molecule has 6 nitrogen and oxygen atoms in total. The third-order valence-electron chi connectivity index (χ3n) is 5.23. The number of carbonyl (C=O) groups is 2. The standard InChI is InChI=1S/C20H24N4O2/c25-18(23-13-4-5-14-23)11-12-21-20(26)19-16-9-6-10-17(16)24(22-19)15-7-2-1-3-8-15/h1-3,7-8H,4-6,9-14H2,(H,21,26). The number of nitrogens with zero attached hydrogens (tertiary/aromatic N) is 3. The average molecular weight is 352 g/mol. The molecule has 2 aliphatic rings. The molecule has 1 aromatic carbocycles. The van der Waals surface area contributed by atoms with Crippen molar-refractivity contribution in [3.05, 3.63) is 47.3 Å². The molecular weight excluding hydrogens is 328 g/mol. The van der Waals surface area contributed by atoms with Gasteiger partial charge in [0.1, 0.15) is 0 Å². The maximum atomic E-state index is 12.6. The Morgan fingerprint density at radius 3 is 2.58 bits per heavy atom. The first-order valence-electron chi connectivity index (χ1n) is 9.46. The van der Waals surface area contributed by atoms with Crippen molar-refractivity contribution in [3.63, 3.8) is 0 Å². The minimum absolute atomic E-state index is 0.128. The number of likely N-dealkylation sites (tertiary alicyclic amines) is 1. The van der Waals surface area contributed by atoms with Crippen molar-refractivity contribution in [2.45, 2.75) is 38.5 Å². The SMILES string of the molecule is O=C(NCCC(=O)N1CCCC1)c1nn(-c2ccccc2)c2c1CCC2. The van der Waals surface area contributed by atoms with Gasteiger partial charge in [-0.3, -0.25) is 9.59 Å². The predicted molar refractivity (Wildman–Crippen MR) is 98.4 cm³/mol. The van der Waals surface area contributed by atoms with Crippen LogP contribution >= 0.6 is 0 Å². The summed E-state index contributed by atoms with van der Waals surface area (Å²) in [6, 6.07) is 9.92. The Bertz CT molecular complexity index is 807. The first kappa shape index (κ1) is 16.8. The predicted octanol–water partition coefficient (Wildman–Crippen LogP) is 2.10. The summed E-state index contributed by atoms with van der Waals surface area (Å²) >= 11 is 0. The van der Waals surface area contributed by atoms with Crippen LogP contribution in [0.3, 0.4) is 0 Å². The Balaban J connectivity index is 1.44. The number of amides is 2. The molecule has 0 saturated carbocycles. The first-order chi connectivity index (χ1) is 12.7. The second-order valence-corrected chi connectivity index (χ2v) is 6.97. The van der Waals surface area contributed by atoms with Gasteiger partial charge in [0.05, 0.1) is 5.69 Å². The molecule has 4 rings (SSSR count). The molecular formula is C20H24N4O2. The van der Waals surface area contributed by atoms with Crippen LogP contribution in [0.5, 0.6) is 0 Å². The van der Waals surface area contributed by atoms with Crippen LogP contribution in [-0.4, -0.2) is 46.1 Å². The molecule has 0 radical (unpaired) electrons. The third-order valence-corrected chi connectivity index (χ3v) is 5.23. The van der Waals surface area contributed by atoms with Crippen molar-refractivity contribution < 1.29 is 9.59 Å². The summed E-state index contributed by atoms with van der Waals surface area (Å²) in [6.07, 6.45) is 5.40. The van der Waals surface area contributed by atoms with Gasteiger partial charge in [-0.1, -0.05) is 18.2 Å². The van der Waals surface area contributed by atoms with E-state index in [-0.39, 0.29) is 11.8 Å². The van der Waals surface area contributed by atoms with Crippen LogP contribution in [0.1, 0.15) is 47.4 Å². The van der Waals surface area contributed by atoms with Gasteiger partial charge in [0.2, 0.25) is 5.91 Å². The highest BCUT2D eigenvalue weighted by Gasteiger charge is 2.27. The Hall–Kier alpha value is -2.63. The van der Waals surface area contributed by atoms with E-state index in [1.165, 1.54) is 0 Å². The molecule has 6 heteroatoms. The lowest BCUT2D eigenvalue weighted by Crippen LogP contribution is -2.33. The molecule has 1 aromatic heterocycles. The van der Waals surface area contributed by atoms with E-state index in [2.05, 4.69) is 10.4 Å². The van der Waals surface area contributed by atoms with Gasteiger partial charge < -0.3 is 10.2 Å². The Morgan fingerprint density at radius 2 is 1.81 bits per heavy atom. The van der Waals surface area contributed by atoms with Gasteiger partial charge in [-0.05, 0) is 44.2 Å². The molecule has 0 spiro atoms. The molecule has 1 aliphatic carbocycles. The molecule has 2 heterocycles. The van der Waals surface area contributed by atoms with Gasteiger partial charge in [-0.2, -0.15) is 5.10 Å². The van der Waals surface area contributed by atoms with E-state index in [9.17, 15) is 9.59 Å². The third kappa shape index (κ3) is 3.23. The molecule has 26 heavy (non-hydrogen) atoms. The normalized spacial score (nSPS) is 15.9. The maximum Gasteiger partial charge on any atom is 0.272 e. The highest BCUT2D eigenvalue weighted by Crippen LogP contribution is 2.27. The van der Waals surface area contributed by atoms with E-state index >= 15 is 0 Å². The summed E-state index contributed by atoms with van der Waals surface area (Å²) in [5.74, 6) is -0.0464. The summed E-state index contributed by atoms with van der Waals surface area (Å²) in [7, 11) is 0. The van der Waals surface area contributed by atoms with Crippen molar-refractivity contribution in [1.29, 1.82) is 0 Å². The molecule has 1 saturated heterocycles. The smallest absolute Gasteiger partial charge is 0.272 e. The van der Waals surface area contributed by atoms with Crippen LogP contribution in [-0.2, 0) is 17.6 Å². The highest BCUT2D eigenvalue weighted by molar-refractivity contribution is 5.94. The van der Waals surface area contributed by atoms with Gasteiger partial charge in [-0.25, -0.2) is 4.68 Å². The molecule has 0 atom stereocenters. The fourth-order valence-electron chi connectivity index (χ4n) is 3.89. The minimum atomic E-state index is -0.174. The van der Waals surface area contributed by atoms with Crippen molar-refractivity contribution >= 4 is 11.8 Å². The molecule has 1 fully saturated rings. The monoisotopic (exact) mass is 352 g/mol. The molecule has 136 valence electrons. The number of nitrogens with one attached hydrogen (secondary N) is 1. The van der Waals surface area contributed by atoms with Crippen LogP contribution < -0.4 is 5.32 Å². The fourth-order valence-corrected chi connectivity index (χ4v) is 3.89. The number of fused-ring (bicyclic) bond motifs is 1. The van der Waals surface area contributed by atoms with Crippen LogP contribution in [0.2, 0.25) is 0 Å². The van der Waals surface area contributed by atoms with Crippen LogP contribution in [0.25, 0.3) is 5.69 Å². The van der Waals surface area contributed by atoms with Crippen molar-refractivity contribution in [3.8, 4) is 5.69 Å². The summed E-state index contributed by atoms with van der Waals surface area (Å²) in [6.45, 7) is 2.06. The second kappa shape index (κ2) is 7.32.